The van der Waals surface area contributed by atoms with Gasteiger partial charge in [-0.3, -0.25) is 0 Å². The Balaban J connectivity index is 2.34. The van der Waals surface area contributed by atoms with Gasteiger partial charge in [0.05, 0.1) is 7.11 Å². The van der Waals surface area contributed by atoms with Gasteiger partial charge in [0.2, 0.25) is 0 Å². The van der Waals surface area contributed by atoms with Crippen molar-refractivity contribution in [3.05, 3.63) is 29.3 Å². The Bertz CT molecular complexity index is 427. The zero-order valence-electron chi connectivity index (χ0n) is 7.40. The molecule has 0 aliphatic heterocycles. The molecule has 1 aromatic carbocycles. The largest absolute Gasteiger partial charge is 0.472 e. The highest BCUT2D eigenvalue weighted by Gasteiger charge is 2.05. The van der Waals surface area contributed by atoms with E-state index >= 15 is 0 Å². The molecule has 0 saturated heterocycles. The van der Waals surface area contributed by atoms with Crippen molar-refractivity contribution < 1.29 is 4.74 Å². The predicted octanol–water partition coefficient (Wildman–Crippen LogP) is 2.87. The zero-order valence-corrected chi connectivity index (χ0v) is 8.97. The summed E-state index contributed by atoms with van der Waals surface area (Å²) in [5.41, 5.74) is 0.996. The van der Waals surface area contributed by atoms with Gasteiger partial charge in [0.1, 0.15) is 0 Å². The Labute approximate surface area is 90.3 Å². The molecular formula is C9H7ClN2OS. The van der Waals surface area contributed by atoms with Crippen LogP contribution in [0.15, 0.2) is 24.3 Å². The third-order valence-corrected chi connectivity index (χ3v) is 2.86. The molecule has 0 aliphatic rings. The fraction of sp³-hybridized carbons (Fsp3) is 0.111. The van der Waals surface area contributed by atoms with Crippen LogP contribution < -0.4 is 4.74 Å². The van der Waals surface area contributed by atoms with Crippen LogP contribution in [0.3, 0.4) is 0 Å². The Hall–Kier alpha value is -1.13. The fourth-order valence-electron chi connectivity index (χ4n) is 1.00. The second-order valence-electron chi connectivity index (χ2n) is 2.58. The van der Waals surface area contributed by atoms with Gasteiger partial charge in [-0.05, 0) is 12.1 Å². The lowest BCUT2D eigenvalue weighted by molar-refractivity contribution is 0.407. The minimum absolute atomic E-state index is 0.565. The molecule has 0 spiro atoms. The lowest BCUT2D eigenvalue weighted by Gasteiger charge is -1.93. The molecule has 1 heterocycles. The molecular weight excluding hydrogens is 220 g/mol. The minimum Gasteiger partial charge on any atom is -0.472 e. The Morgan fingerprint density at radius 1 is 1.21 bits per heavy atom. The van der Waals surface area contributed by atoms with Crippen LogP contribution in [0.25, 0.3) is 10.6 Å². The van der Waals surface area contributed by atoms with Gasteiger partial charge < -0.3 is 4.74 Å². The van der Waals surface area contributed by atoms with Gasteiger partial charge in [-0.25, -0.2) is 0 Å². The summed E-state index contributed by atoms with van der Waals surface area (Å²) in [4.78, 5) is 0. The second kappa shape index (κ2) is 3.94. The van der Waals surface area contributed by atoms with Crippen molar-refractivity contribution in [2.45, 2.75) is 0 Å². The van der Waals surface area contributed by atoms with E-state index in [9.17, 15) is 0 Å². The summed E-state index contributed by atoms with van der Waals surface area (Å²) in [5, 5.41) is 9.94. The number of nitrogens with zero attached hydrogens (tertiary/aromatic N) is 2. The van der Waals surface area contributed by atoms with Crippen LogP contribution in [0.5, 0.6) is 5.19 Å². The first kappa shape index (κ1) is 9.43. The van der Waals surface area contributed by atoms with E-state index in [1.165, 1.54) is 11.3 Å². The summed E-state index contributed by atoms with van der Waals surface area (Å²) < 4.78 is 4.96. The standard InChI is InChI=1S/C9H7ClN2OS/c1-13-9-12-11-8(14-9)6-2-4-7(10)5-3-6/h2-5H,1H3. The van der Waals surface area contributed by atoms with Crippen LogP contribution in [-0.4, -0.2) is 17.3 Å². The maximum atomic E-state index is 5.77. The lowest BCUT2D eigenvalue weighted by Crippen LogP contribution is -1.79. The Morgan fingerprint density at radius 3 is 2.50 bits per heavy atom. The number of halogens is 1. The van der Waals surface area contributed by atoms with Crippen LogP contribution in [0.4, 0.5) is 0 Å². The SMILES string of the molecule is COc1nnc(-c2ccc(Cl)cc2)s1. The molecule has 0 amide bonds. The maximum Gasteiger partial charge on any atom is 0.294 e. The highest BCUT2D eigenvalue weighted by Crippen LogP contribution is 2.27. The number of benzene rings is 1. The average Bonchev–Trinajstić information content (AvgIpc) is 2.67. The van der Waals surface area contributed by atoms with Gasteiger partial charge in [-0.1, -0.05) is 40.2 Å². The number of aromatic nitrogens is 2. The molecule has 0 N–H and O–H groups in total. The Kier molecular flexibility index (Phi) is 2.65. The van der Waals surface area contributed by atoms with E-state index in [1.807, 2.05) is 24.3 Å². The average molecular weight is 227 g/mol. The van der Waals surface area contributed by atoms with Crippen LogP contribution >= 0.6 is 22.9 Å². The van der Waals surface area contributed by atoms with E-state index in [-0.39, 0.29) is 0 Å². The van der Waals surface area contributed by atoms with E-state index in [0.717, 1.165) is 10.6 Å². The molecule has 2 rings (SSSR count). The highest BCUT2D eigenvalue weighted by molar-refractivity contribution is 7.16. The van der Waals surface area contributed by atoms with Crippen molar-refractivity contribution in [2.75, 3.05) is 7.11 Å². The first-order valence-corrected chi connectivity index (χ1v) is 5.12. The first-order chi connectivity index (χ1) is 6.79. The van der Waals surface area contributed by atoms with Crippen molar-refractivity contribution in [1.29, 1.82) is 0 Å². The summed E-state index contributed by atoms with van der Waals surface area (Å²) in [6.07, 6.45) is 0. The summed E-state index contributed by atoms with van der Waals surface area (Å²) in [6.45, 7) is 0. The highest BCUT2D eigenvalue weighted by atomic mass is 35.5. The lowest BCUT2D eigenvalue weighted by atomic mass is 10.2. The maximum absolute atomic E-state index is 5.77. The van der Waals surface area contributed by atoms with E-state index in [1.54, 1.807) is 7.11 Å². The number of hydrogen-bond donors (Lipinski definition) is 0. The van der Waals surface area contributed by atoms with Gasteiger partial charge in [0, 0.05) is 10.6 Å². The quantitative estimate of drug-likeness (QED) is 0.790. The van der Waals surface area contributed by atoms with Gasteiger partial charge >= 0.3 is 0 Å². The number of ether oxygens (including phenoxy) is 1. The molecule has 2 aromatic rings. The number of hydrogen-bond acceptors (Lipinski definition) is 4. The zero-order chi connectivity index (χ0) is 9.97. The van der Waals surface area contributed by atoms with Crippen LogP contribution in [-0.2, 0) is 0 Å². The van der Waals surface area contributed by atoms with Gasteiger partial charge in [-0.2, -0.15) is 0 Å². The minimum atomic E-state index is 0.565. The number of methoxy groups -OCH3 is 1. The van der Waals surface area contributed by atoms with Gasteiger partial charge in [0.25, 0.3) is 5.19 Å². The molecule has 0 radical (unpaired) electrons. The van der Waals surface area contributed by atoms with Gasteiger partial charge in [-0.15, -0.1) is 5.10 Å². The molecule has 3 nitrogen and oxygen atoms in total. The molecule has 5 heteroatoms. The van der Waals surface area contributed by atoms with E-state index < -0.39 is 0 Å². The van der Waals surface area contributed by atoms with Crippen molar-refractivity contribution in [3.63, 3.8) is 0 Å². The van der Waals surface area contributed by atoms with E-state index in [0.29, 0.717) is 10.2 Å². The second-order valence-corrected chi connectivity index (χ2v) is 3.96. The van der Waals surface area contributed by atoms with E-state index in [4.69, 9.17) is 16.3 Å². The van der Waals surface area contributed by atoms with Crippen molar-refractivity contribution in [3.8, 4) is 15.8 Å². The molecule has 0 atom stereocenters. The summed E-state index contributed by atoms with van der Waals surface area (Å²) in [5.74, 6) is 0. The molecule has 14 heavy (non-hydrogen) atoms. The van der Waals surface area contributed by atoms with Crippen molar-refractivity contribution >= 4 is 22.9 Å². The fourth-order valence-corrected chi connectivity index (χ4v) is 1.79. The summed E-state index contributed by atoms with van der Waals surface area (Å²) in [7, 11) is 1.58. The first-order valence-electron chi connectivity index (χ1n) is 3.93. The molecule has 1 aromatic heterocycles. The van der Waals surface area contributed by atoms with Crippen LogP contribution in [0.1, 0.15) is 0 Å². The molecule has 0 aliphatic carbocycles. The molecule has 0 unspecified atom stereocenters. The predicted molar refractivity (Wildman–Crippen MR) is 56.9 cm³/mol. The Morgan fingerprint density at radius 2 is 1.93 bits per heavy atom. The molecule has 0 bridgehead atoms. The summed E-state index contributed by atoms with van der Waals surface area (Å²) in [6, 6.07) is 7.46. The van der Waals surface area contributed by atoms with Crippen LogP contribution in [0, 0.1) is 0 Å². The molecule has 0 fully saturated rings. The number of rotatable bonds is 2. The third kappa shape index (κ3) is 1.86. The normalized spacial score (nSPS) is 10.1. The van der Waals surface area contributed by atoms with Crippen molar-refractivity contribution in [2.24, 2.45) is 0 Å². The van der Waals surface area contributed by atoms with Crippen LogP contribution in [0.2, 0.25) is 5.02 Å². The monoisotopic (exact) mass is 226 g/mol. The smallest absolute Gasteiger partial charge is 0.294 e. The van der Waals surface area contributed by atoms with Gasteiger partial charge in [0.15, 0.2) is 5.01 Å². The molecule has 0 saturated carbocycles. The third-order valence-electron chi connectivity index (χ3n) is 1.67. The van der Waals surface area contributed by atoms with Crippen molar-refractivity contribution in [1.82, 2.24) is 10.2 Å². The summed E-state index contributed by atoms with van der Waals surface area (Å²) >= 11 is 7.18. The van der Waals surface area contributed by atoms with E-state index in [2.05, 4.69) is 10.2 Å². The topological polar surface area (TPSA) is 35.0 Å². The molecule has 72 valence electrons.